The third-order valence-corrected chi connectivity index (χ3v) is 4.64. The minimum atomic E-state index is -1.67. The van der Waals surface area contributed by atoms with Crippen LogP contribution in [0.3, 0.4) is 0 Å². The number of aliphatic imine (C=N–C) groups is 1. The SMILES string of the molecule is CC(C)CC(NC(=O)C(N)CC(=O)O)C(=O)NC(CC(=O)O)C(=O)NC(CCCN=C(N)N)C(=O)O. The van der Waals surface area contributed by atoms with Crippen LogP contribution in [0.5, 0.6) is 0 Å². The second-order valence-electron chi connectivity index (χ2n) is 8.40. The van der Waals surface area contributed by atoms with Gasteiger partial charge < -0.3 is 48.5 Å². The van der Waals surface area contributed by atoms with Gasteiger partial charge in [0.1, 0.15) is 18.1 Å². The third kappa shape index (κ3) is 13.7. The summed E-state index contributed by atoms with van der Waals surface area (Å²) in [6, 6.07) is -5.80. The highest BCUT2D eigenvalue weighted by Gasteiger charge is 2.32. The first-order chi connectivity index (χ1) is 16.6. The molecule has 0 rings (SSSR count). The Morgan fingerprint density at radius 2 is 1.28 bits per heavy atom. The first-order valence-electron chi connectivity index (χ1n) is 11.0. The standard InChI is InChI=1S/C20H35N7O9/c1-9(2)6-12(26-16(32)10(21)7-14(28)29)17(33)27-13(8-15(30)31)18(34)25-11(19(35)36)4-3-5-24-20(22)23/h9-13H,3-8,21H2,1-2H3,(H,25,34)(H,26,32)(H,27,33)(H,28,29)(H,30,31)(H,35,36)(H4,22,23,24). The second kappa shape index (κ2) is 15.9. The molecule has 0 aliphatic carbocycles. The number of carboxylic acid groups (broad SMARTS) is 3. The van der Waals surface area contributed by atoms with Crippen molar-refractivity contribution in [3.8, 4) is 0 Å². The predicted octanol–water partition coefficient (Wildman–Crippen LogP) is -3.10. The lowest BCUT2D eigenvalue weighted by Crippen LogP contribution is -2.57. The lowest BCUT2D eigenvalue weighted by Gasteiger charge is -2.25. The number of amides is 3. The van der Waals surface area contributed by atoms with Gasteiger partial charge in [0.05, 0.1) is 18.9 Å². The summed E-state index contributed by atoms with van der Waals surface area (Å²) in [5.41, 5.74) is 15.9. The average molecular weight is 518 g/mol. The highest BCUT2D eigenvalue weighted by Crippen LogP contribution is 2.08. The van der Waals surface area contributed by atoms with Crippen molar-refractivity contribution in [1.82, 2.24) is 16.0 Å². The van der Waals surface area contributed by atoms with E-state index in [1.807, 2.05) is 0 Å². The van der Waals surface area contributed by atoms with E-state index in [1.54, 1.807) is 13.8 Å². The van der Waals surface area contributed by atoms with E-state index in [2.05, 4.69) is 20.9 Å². The minimum absolute atomic E-state index is 0.0569. The molecule has 3 amide bonds. The van der Waals surface area contributed by atoms with Gasteiger partial charge in [-0.25, -0.2) is 4.79 Å². The van der Waals surface area contributed by atoms with Gasteiger partial charge in [0, 0.05) is 6.54 Å². The van der Waals surface area contributed by atoms with Crippen LogP contribution in [0.25, 0.3) is 0 Å². The largest absolute Gasteiger partial charge is 0.481 e. The normalized spacial score (nSPS) is 14.0. The molecule has 0 saturated carbocycles. The highest BCUT2D eigenvalue weighted by atomic mass is 16.4. The maximum absolute atomic E-state index is 12.8. The van der Waals surface area contributed by atoms with E-state index in [4.69, 9.17) is 22.3 Å². The summed E-state index contributed by atoms with van der Waals surface area (Å²) in [5.74, 6) is -7.45. The van der Waals surface area contributed by atoms with Crippen LogP contribution in [-0.2, 0) is 28.8 Å². The van der Waals surface area contributed by atoms with Crippen molar-refractivity contribution in [2.24, 2.45) is 28.1 Å². The zero-order valence-electron chi connectivity index (χ0n) is 20.1. The number of aliphatic carboxylic acids is 3. The molecule has 36 heavy (non-hydrogen) atoms. The van der Waals surface area contributed by atoms with Gasteiger partial charge in [-0.1, -0.05) is 13.8 Å². The van der Waals surface area contributed by atoms with Crippen LogP contribution in [0.4, 0.5) is 0 Å². The fraction of sp³-hybridized carbons (Fsp3) is 0.650. The summed E-state index contributed by atoms with van der Waals surface area (Å²) in [6.45, 7) is 3.55. The molecule has 0 aliphatic heterocycles. The Balaban J connectivity index is 5.50. The molecule has 204 valence electrons. The number of carbonyl (C=O) groups is 6. The predicted molar refractivity (Wildman–Crippen MR) is 125 cm³/mol. The van der Waals surface area contributed by atoms with Crippen molar-refractivity contribution in [3.63, 3.8) is 0 Å². The Labute approximate surface area is 207 Å². The topological polar surface area (TPSA) is 290 Å². The van der Waals surface area contributed by atoms with E-state index >= 15 is 0 Å². The number of hydrogen-bond donors (Lipinski definition) is 9. The minimum Gasteiger partial charge on any atom is -0.481 e. The molecule has 16 nitrogen and oxygen atoms in total. The Hall–Kier alpha value is -3.95. The molecule has 16 heteroatoms. The summed E-state index contributed by atoms with van der Waals surface area (Å²) in [7, 11) is 0. The Morgan fingerprint density at radius 3 is 1.75 bits per heavy atom. The lowest BCUT2D eigenvalue weighted by molar-refractivity contribution is -0.143. The number of carbonyl (C=O) groups excluding carboxylic acids is 3. The molecule has 4 atom stereocenters. The maximum Gasteiger partial charge on any atom is 0.326 e. The summed E-state index contributed by atoms with van der Waals surface area (Å²) < 4.78 is 0. The molecule has 0 bridgehead atoms. The summed E-state index contributed by atoms with van der Waals surface area (Å²) in [5, 5.41) is 34.0. The zero-order valence-corrected chi connectivity index (χ0v) is 20.1. The van der Waals surface area contributed by atoms with Crippen LogP contribution in [0.2, 0.25) is 0 Å². The van der Waals surface area contributed by atoms with Crippen LogP contribution < -0.4 is 33.2 Å². The van der Waals surface area contributed by atoms with Crippen molar-refractivity contribution in [1.29, 1.82) is 0 Å². The maximum atomic E-state index is 12.8. The lowest BCUT2D eigenvalue weighted by atomic mass is 10.0. The number of nitrogens with one attached hydrogen (secondary N) is 3. The van der Waals surface area contributed by atoms with E-state index in [1.165, 1.54) is 0 Å². The van der Waals surface area contributed by atoms with Crippen LogP contribution >= 0.6 is 0 Å². The highest BCUT2D eigenvalue weighted by molar-refractivity contribution is 5.96. The molecule has 0 radical (unpaired) electrons. The van der Waals surface area contributed by atoms with Crippen molar-refractivity contribution >= 4 is 41.6 Å². The van der Waals surface area contributed by atoms with Gasteiger partial charge in [-0.2, -0.15) is 0 Å². The van der Waals surface area contributed by atoms with Crippen LogP contribution in [0, 0.1) is 5.92 Å². The molecule has 0 aromatic heterocycles. The van der Waals surface area contributed by atoms with Crippen molar-refractivity contribution in [2.75, 3.05) is 6.54 Å². The molecule has 0 aromatic carbocycles. The van der Waals surface area contributed by atoms with Gasteiger partial charge in [-0.3, -0.25) is 29.0 Å². The zero-order chi connectivity index (χ0) is 28.0. The van der Waals surface area contributed by atoms with Gasteiger partial charge in [-0.05, 0) is 25.2 Å². The molecular formula is C20H35N7O9. The number of rotatable bonds is 17. The molecule has 4 unspecified atom stereocenters. The Kier molecular flexibility index (Phi) is 14.1. The summed E-state index contributed by atoms with van der Waals surface area (Å²) in [6.07, 6.45) is -1.41. The third-order valence-electron chi connectivity index (χ3n) is 4.64. The Bertz CT molecular complexity index is 843. The fourth-order valence-electron chi connectivity index (χ4n) is 2.95. The number of guanidine groups is 1. The van der Waals surface area contributed by atoms with Gasteiger partial charge in [0.15, 0.2) is 5.96 Å². The van der Waals surface area contributed by atoms with Crippen molar-refractivity contribution in [3.05, 3.63) is 0 Å². The van der Waals surface area contributed by atoms with Gasteiger partial charge in [-0.15, -0.1) is 0 Å². The Morgan fingerprint density at radius 1 is 0.778 bits per heavy atom. The van der Waals surface area contributed by atoms with Gasteiger partial charge in [0.2, 0.25) is 17.7 Å². The molecule has 0 fully saturated rings. The fourth-order valence-corrected chi connectivity index (χ4v) is 2.95. The molecule has 0 saturated heterocycles. The smallest absolute Gasteiger partial charge is 0.326 e. The molecule has 0 spiro atoms. The molecule has 12 N–H and O–H groups in total. The van der Waals surface area contributed by atoms with E-state index in [0.717, 1.165) is 0 Å². The quantitative estimate of drug-likeness (QED) is 0.0526. The van der Waals surface area contributed by atoms with Crippen LogP contribution in [0.1, 0.15) is 46.0 Å². The van der Waals surface area contributed by atoms with Crippen molar-refractivity contribution < 1.29 is 44.1 Å². The first kappa shape index (κ1) is 32.0. The number of hydrogen-bond acceptors (Lipinski definition) is 8. The second-order valence-corrected chi connectivity index (χ2v) is 8.40. The number of carboxylic acids is 3. The monoisotopic (exact) mass is 517 g/mol. The first-order valence-corrected chi connectivity index (χ1v) is 11.0. The number of nitrogens with zero attached hydrogens (tertiary/aromatic N) is 1. The van der Waals surface area contributed by atoms with E-state index in [-0.39, 0.29) is 37.7 Å². The van der Waals surface area contributed by atoms with Crippen LogP contribution in [0.15, 0.2) is 4.99 Å². The summed E-state index contributed by atoms with van der Waals surface area (Å²) in [4.78, 5) is 75.0. The van der Waals surface area contributed by atoms with E-state index in [9.17, 15) is 39.0 Å². The van der Waals surface area contributed by atoms with Crippen molar-refractivity contribution in [2.45, 2.75) is 70.1 Å². The van der Waals surface area contributed by atoms with E-state index in [0.29, 0.717) is 0 Å². The molecule has 0 aromatic rings. The average Bonchev–Trinajstić information content (AvgIpc) is 2.73. The molecule has 0 heterocycles. The molecular weight excluding hydrogens is 482 g/mol. The van der Waals surface area contributed by atoms with Crippen LogP contribution in [-0.4, -0.2) is 87.6 Å². The molecule has 0 aliphatic rings. The van der Waals surface area contributed by atoms with Gasteiger partial charge in [0.25, 0.3) is 0 Å². The van der Waals surface area contributed by atoms with E-state index < -0.39 is 72.6 Å². The summed E-state index contributed by atoms with van der Waals surface area (Å²) >= 11 is 0. The number of nitrogens with two attached hydrogens (primary N) is 3. The van der Waals surface area contributed by atoms with Gasteiger partial charge >= 0.3 is 17.9 Å².